The van der Waals surface area contributed by atoms with Crippen LogP contribution in [0.4, 0.5) is 0 Å². The average Bonchev–Trinajstić information content (AvgIpc) is 3.06. The minimum atomic E-state index is -1.08. The van der Waals surface area contributed by atoms with E-state index in [0.717, 1.165) is 32.9 Å². The highest BCUT2D eigenvalue weighted by Crippen LogP contribution is 2.30. The van der Waals surface area contributed by atoms with E-state index in [0.29, 0.717) is 10.6 Å². The van der Waals surface area contributed by atoms with Gasteiger partial charge in [0.15, 0.2) is 5.69 Å². The molecule has 2 aromatic heterocycles. The molecular formula is C22H15ClN2O3. The average molecular weight is 391 g/mol. The molecule has 0 saturated heterocycles. The van der Waals surface area contributed by atoms with Gasteiger partial charge in [-0.25, -0.2) is 9.78 Å². The van der Waals surface area contributed by atoms with Gasteiger partial charge in [-0.3, -0.25) is 0 Å². The highest BCUT2D eigenvalue weighted by molar-refractivity contribution is 6.30. The molecule has 138 valence electrons. The fraction of sp³-hybridized carbons (Fsp3) is 0.0909. The van der Waals surface area contributed by atoms with Crippen molar-refractivity contribution in [3.05, 3.63) is 76.1 Å². The number of rotatable bonds is 3. The second-order valence-corrected chi connectivity index (χ2v) is 6.69. The lowest BCUT2D eigenvalue weighted by atomic mass is 10.0. The van der Waals surface area contributed by atoms with Gasteiger partial charge in [0.25, 0.3) is 0 Å². The van der Waals surface area contributed by atoms with Crippen LogP contribution in [0.25, 0.3) is 21.8 Å². The van der Waals surface area contributed by atoms with E-state index in [9.17, 15) is 9.90 Å². The number of ether oxygens (including phenoxy) is 1. The summed E-state index contributed by atoms with van der Waals surface area (Å²) in [5.74, 6) is 5.18. The molecule has 6 heteroatoms. The fourth-order valence-corrected chi connectivity index (χ4v) is 3.31. The van der Waals surface area contributed by atoms with Gasteiger partial charge in [0, 0.05) is 45.1 Å². The first kappa shape index (κ1) is 18.1. The van der Waals surface area contributed by atoms with Gasteiger partial charge >= 0.3 is 5.97 Å². The van der Waals surface area contributed by atoms with Gasteiger partial charge in [0.05, 0.1) is 18.3 Å². The molecule has 2 heterocycles. The van der Waals surface area contributed by atoms with Crippen LogP contribution in [0, 0.1) is 11.8 Å². The van der Waals surface area contributed by atoms with Crippen molar-refractivity contribution in [2.45, 2.75) is 6.61 Å². The second-order valence-electron chi connectivity index (χ2n) is 6.25. The number of methoxy groups -OCH3 is 1. The quantitative estimate of drug-likeness (QED) is 0.501. The summed E-state index contributed by atoms with van der Waals surface area (Å²) in [7, 11) is 1.53. The van der Waals surface area contributed by atoms with Gasteiger partial charge in [-0.15, -0.1) is 0 Å². The molecule has 0 fully saturated rings. The van der Waals surface area contributed by atoms with Crippen molar-refractivity contribution in [2.24, 2.45) is 0 Å². The predicted molar refractivity (Wildman–Crippen MR) is 109 cm³/mol. The molecule has 0 radical (unpaired) electrons. The van der Waals surface area contributed by atoms with Crippen molar-refractivity contribution in [2.75, 3.05) is 7.11 Å². The maximum atomic E-state index is 11.6. The number of hydrogen-bond donors (Lipinski definition) is 2. The fourth-order valence-electron chi connectivity index (χ4n) is 3.18. The van der Waals surface area contributed by atoms with E-state index in [-0.39, 0.29) is 12.3 Å². The number of fused-ring (bicyclic) bond motifs is 3. The summed E-state index contributed by atoms with van der Waals surface area (Å²) in [6.07, 6.45) is 1.54. The van der Waals surface area contributed by atoms with Crippen LogP contribution in [0.3, 0.4) is 0 Å². The van der Waals surface area contributed by atoms with Gasteiger partial charge in [-0.05, 0) is 42.5 Å². The predicted octanol–water partition coefficient (Wildman–Crippen LogP) is 4.61. The van der Waals surface area contributed by atoms with Crippen LogP contribution >= 0.6 is 11.6 Å². The van der Waals surface area contributed by atoms with Crippen molar-refractivity contribution in [3.63, 3.8) is 0 Å². The number of halogens is 1. The first-order chi connectivity index (χ1) is 13.6. The van der Waals surface area contributed by atoms with E-state index in [4.69, 9.17) is 16.3 Å². The third kappa shape index (κ3) is 3.31. The molecule has 0 bridgehead atoms. The molecule has 0 amide bonds. The normalized spacial score (nSPS) is 10.8. The Morgan fingerprint density at radius 3 is 2.57 bits per heavy atom. The Morgan fingerprint density at radius 2 is 1.86 bits per heavy atom. The standard InChI is InChI=1S/C22H15ClN2O3/c1-28-12-17-20-16-10-14(3-2-13-4-7-15(23)8-5-13)6-9-18(16)25-19(20)11-24-21(17)22(26)27/h4-11,25H,12H2,1H3,(H,26,27). The van der Waals surface area contributed by atoms with Gasteiger partial charge in [0.2, 0.25) is 0 Å². The summed E-state index contributed by atoms with van der Waals surface area (Å²) in [4.78, 5) is 18.9. The number of nitrogens with one attached hydrogen (secondary N) is 1. The number of H-pyrrole nitrogens is 1. The van der Waals surface area contributed by atoms with Gasteiger partial charge in [-0.2, -0.15) is 0 Å². The first-order valence-corrected chi connectivity index (χ1v) is 8.88. The molecular weight excluding hydrogens is 376 g/mol. The summed E-state index contributed by atoms with van der Waals surface area (Å²) >= 11 is 5.90. The molecule has 0 saturated carbocycles. The van der Waals surface area contributed by atoms with Crippen LogP contribution in [0.15, 0.2) is 48.7 Å². The summed E-state index contributed by atoms with van der Waals surface area (Å²) in [5.41, 5.74) is 3.86. The molecule has 0 spiro atoms. The Kier molecular flexibility index (Phi) is 4.74. The molecule has 0 aliphatic rings. The number of carboxylic acids is 1. The number of carbonyl (C=O) groups is 1. The molecule has 0 atom stereocenters. The smallest absolute Gasteiger partial charge is 0.354 e. The maximum Gasteiger partial charge on any atom is 0.354 e. The highest BCUT2D eigenvalue weighted by atomic mass is 35.5. The van der Waals surface area contributed by atoms with Crippen molar-refractivity contribution in [3.8, 4) is 11.8 Å². The molecule has 2 aromatic carbocycles. The van der Waals surface area contributed by atoms with Gasteiger partial charge in [0.1, 0.15) is 0 Å². The molecule has 4 aromatic rings. The lowest BCUT2D eigenvalue weighted by molar-refractivity contribution is 0.0685. The number of carboxylic acid groups (broad SMARTS) is 1. The van der Waals surface area contributed by atoms with Crippen molar-refractivity contribution >= 4 is 39.4 Å². The molecule has 0 unspecified atom stereocenters. The van der Waals surface area contributed by atoms with Crippen molar-refractivity contribution in [1.82, 2.24) is 9.97 Å². The van der Waals surface area contributed by atoms with Crippen LogP contribution in [0.2, 0.25) is 5.02 Å². The van der Waals surface area contributed by atoms with Crippen LogP contribution < -0.4 is 0 Å². The van der Waals surface area contributed by atoms with Crippen LogP contribution in [-0.4, -0.2) is 28.2 Å². The molecule has 0 aliphatic heterocycles. The zero-order chi connectivity index (χ0) is 19.7. The minimum absolute atomic E-state index is 0.00657. The SMILES string of the molecule is COCc1c(C(=O)O)ncc2[nH]c3ccc(C#Cc4ccc(Cl)cc4)cc3c12. The number of aromatic nitrogens is 2. The van der Waals surface area contributed by atoms with Gasteiger partial charge < -0.3 is 14.8 Å². The molecule has 4 rings (SSSR count). The molecule has 2 N–H and O–H groups in total. The van der Waals surface area contributed by atoms with Crippen LogP contribution in [-0.2, 0) is 11.3 Å². The summed E-state index contributed by atoms with van der Waals surface area (Å²) < 4.78 is 5.23. The van der Waals surface area contributed by atoms with Crippen LogP contribution in [0.5, 0.6) is 0 Å². The number of benzene rings is 2. The Bertz CT molecular complexity index is 1260. The van der Waals surface area contributed by atoms with E-state index in [2.05, 4.69) is 21.8 Å². The maximum absolute atomic E-state index is 11.6. The Hall–Kier alpha value is -3.33. The third-order valence-corrected chi connectivity index (χ3v) is 4.68. The van der Waals surface area contributed by atoms with E-state index in [1.165, 1.54) is 13.3 Å². The van der Waals surface area contributed by atoms with Crippen molar-refractivity contribution in [1.29, 1.82) is 0 Å². The zero-order valence-electron chi connectivity index (χ0n) is 14.9. The van der Waals surface area contributed by atoms with E-state index in [1.807, 2.05) is 30.3 Å². The largest absolute Gasteiger partial charge is 0.477 e. The van der Waals surface area contributed by atoms with Gasteiger partial charge in [-0.1, -0.05) is 23.4 Å². The molecule has 5 nitrogen and oxygen atoms in total. The molecule has 0 aliphatic carbocycles. The van der Waals surface area contributed by atoms with Crippen LogP contribution in [0.1, 0.15) is 27.2 Å². The number of nitrogens with zero attached hydrogens (tertiary/aromatic N) is 1. The Balaban J connectivity index is 1.88. The zero-order valence-corrected chi connectivity index (χ0v) is 15.7. The minimum Gasteiger partial charge on any atom is -0.477 e. The summed E-state index contributed by atoms with van der Waals surface area (Å²) in [5, 5.41) is 11.8. The molecule has 28 heavy (non-hydrogen) atoms. The van der Waals surface area contributed by atoms with Crippen molar-refractivity contribution < 1.29 is 14.6 Å². The lowest BCUT2D eigenvalue weighted by Crippen LogP contribution is -2.07. The van der Waals surface area contributed by atoms with E-state index < -0.39 is 5.97 Å². The second kappa shape index (κ2) is 7.35. The number of aromatic amines is 1. The summed E-state index contributed by atoms with van der Waals surface area (Å²) in [6, 6.07) is 13.1. The number of pyridine rings is 1. The third-order valence-electron chi connectivity index (χ3n) is 4.42. The highest BCUT2D eigenvalue weighted by Gasteiger charge is 2.18. The number of hydrogen-bond acceptors (Lipinski definition) is 3. The summed E-state index contributed by atoms with van der Waals surface area (Å²) in [6.45, 7) is 0.152. The topological polar surface area (TPSA) is 75.2 Å². The van der Waals surface area contributed by atoms with E-state index in [1.54, 1.807) is 12.1 Å². The Labute approximate surface area is 165 Å². The van der Waals surface area contributed by atoms with E-state index >= 15 is 0 Å². The lowest BCUT2D eigenvalue weighted by Gasteiger charge is -2.06. The number of aromatic carboxylic acids is 1. The first-order valence-electron chi connectivity index (χ1n) is 8.50. The Morgan fingerprint density at radius 1 is 1.14 bits per heavy atom. The monoisotopic (exact) mass is 390 g/mol.